The van der Waals surface area contributed by atoms with Crippen molar-refractivity contribution in [2.45, 2.75) is 39.8 Å². The molecule has 3 aromatic rings. The lowest BCUT2D eigenvalue weighted by Gasteiger charge is -2.37. The third-order valence-electron chi connectivity index (χ3n) is 5.76. The summed E-state index contributed by atoms with van der Waals surface area (Å²) in [6, 6.07) is 13.1. The van der Waals surface area contributed by atoms with Gasteiger partial charge >= 0.3 is 0 Å². The number of rotatable bonds is 4. The van der Waals surface area contributed by atoms with Gasteiger partial charge in [0, 0.05) is 30.0 Å². The van der Waals surface area contributed by atoms with E-state index in [2.05, 4.69) is 29.0 Å². The van der Waals surface area contributed by atoms with Crippen molar-refractivity contribution >= 4 is 29.9 Å². The molecule has 0 bridgehead atoms. The number of benzene rings is 2. The van der Waals surface area contributed by atoms with Crippen LogP contribution in [0.1, 0.15) is 40.9 Å². The summed E-state index contributed by atoms with van der Waals surface area (Å²) in [7, 11) is 0. The molecule has 4 rings (SSSR count). The van der Waals surface area contributed by atoms with Crippen LogP contribution in [0.2, 0.25) is 0 Å². The summed E-state index contributed by atoms with van der Waals surface area (Å²) >= 11 is 0. The average Bonchev–Trinajstić information content (AvgIpc) is 2.71. The van der Waals surface area contributed by atoms with Gasteiger partial charge in [-0.2, -0.15) is 4.98 Å². The van der Waals surface area contributed by atoms with Gasteiger partial charge in [-0.25, -0.2) is 9.37 Å². The fraction of sp³-hybridized carbons (Fsp3) is 0.304. The minimum absolute atomic E-state index is 0. The second-order valence-electron chi connectivity index (χ2n) is 7.53. The molecule has 1 unspecified atom stereocenters. The molecule has 0 fully saturated rings. The lowest BCUT2D eigenvalue weighted by atomic mass is 9.93. The summed E-state index contributed by atoms with van der Waals surface area (Å²) in [6.45, 7) is 7.42. The van der Waals surface area contributed by atoms with Gasteiger partial charge in [0.05, 0.1) is 6.04 Å². The standard InChI is InChI=1S/C23H26FN5.ClH/c1-14-15(2)26-23(27-21-7-5-4-6-18(21)13-25)28-22(14)29-11-10-17-12-19(24)8-9-20(17)16(29)3;/h4-9,12,16H,10-11,13,25H2,1-3H3,(H,26,27,28);1H. The molecular weight excluding hydrogens is 401 g/mol. The number of aromatic nitrogens is 2. The van der Waals surface area contributed by atoms with Crippen molar-refractivity contribution in [2.24, 2.45) is 5.73 Å². The second-order valence-corrected chi connectivity index (χ2v) is 7.53. The maximum atomic E-state index is 13.6. The molecule has 0 spiro atoms. The van der Waals surface area contributed by atoms with E-state index < -0.39 is 0 Å². The Balaban J connectivity index is 0.00000256. The predicted molar refractivity (Wildman–Crippen MR) is 122 cm³/mol. The van der Waals surface area contributed by atoms with Crippen LogP contribution in [0.4, 0.5) is 21.8 Å². The van der Waals surface area contributed by atoms with Crippen molar-refractivity contribution < 1.29 is 4.39 Å². The predicted octanol–water partition coefficient (Wildman–Crippen LogP) is 4.98. The van der Waals surface area contributed by atoms with Crippen molar-refractivity contribution in [3.63, 3.8) is 0 Å². The molecule has 1 aliphatic rings. The van der Waals surface area contributed by atoms with Gasteiger partial charge in [0.2, 0.25) is 5.95 Å². The van der Waals surface area contributed by atoms with E-state index in [1.165, 1.54) is 6.07 Å². The molecule has 1 aliphatic heterocycles. The monoisotopic (exact) mass is 427 g/mol. The Hall–Kier alpha value is -2.70. The van der Waals surface area contributed by atoms with Gasteiger partial charge in [-0.15, -0.1) is 12.4 Å². The summed E-state index contributed by atoms with van der Waals surface area (Å²) in [4.78, 5) is 11.8. The molecule has 1 aromatic heterocycles. The van der Waals surface area contributed by atoms with Gasteiger partial charge in [0.25, 0.3) is 0 Å². The maximum absolute atomic E-state index is 13.6. The molecule has 7 heteroatoms. The average molecular weight is 428 g/mol. The van der Waals surface area contributed by atoms with Gasteiger partial charge < -0.3 is 16.0 Å². The molecule has 3 N–H and O–H groups in total. The smallest absolute Gasteiger partial charge is 0.229 e. The Morgan fingerprint density at radius 1 is 1.17 bits per heavy atom. The summed E-state index contributed by atoms with van der Waals surface area (Å²) < 4.78 is 13.6. The number of para-hydroxylation sites is 1. The second kappa shape index (κ2) is 8.98. The number of halogens is 2. The molecule has 0 aliphatic carbocycles. The quantitative estimate of drug-likeness (QED) is 0.614. The first-order valence-corrected chi connectivity index (χ1v) is 9.93. The van der Waals surface area contributed by atoms with Crippen molar-refractivity contribution in [1.82, 2.24) is 9.97 Å². The summed E-state index contributed by atoms with van der Waals surface area (Å²) in [5.41, 5.74) is 12.0. The first kappa shape index (κ1) is 22.0. The van der Waals surface area contributed by atoms with Crippen molar-refractivity contribution in [2.75, 3.05) is 16.8 Å². The SMILES string of the molecule is Cc1nc(Nc2ccccc2CN)nc(N2CCc3cc(F)ccc3C2C)c1C.Cl. The number of nitrogens with two attached hydrogens (primary N) is 1. The number of nitrogens with one attached hydrogen (secondary N) is 1. The van der Waals surface area contributed by atoms with Crippen molar-refractivity contribution in [3.8, 4) is 0 Å². The molecule has 1 atom stereocenters. The van der Waals surface area contributed by atoms with Crippen LogP contribution >= 0.6 is 12.4 Å². The van der Waals surface area contributed by atoms with Gasteiger partial charge in [-0.05, 0) is 62.1 Å². The van der Waals surface area contributed by atoms with E-state index in [1.807, 2.05) is 37.3 Å². The van der Waals surface area contributed by atoms with Crippen LogP contribution in [-0.2, 0) is 13.0 Å². The lowest BCUT2D eigenvalue weighted by Crippen LogP contribution is -2.35. The van der Waals surface area contributed by atoms with Gasteiger partial charge in [0.1, 0.15) is 11.6 Å². The van der Waals surface area contributed by atoms with Crippen LogP contribution in [0.15, 0.2) is 42.5 Å². The van der Waals surface area contributed by atoms with E-state index in [4.69, 9.17) is 10.7 Å². The van der Waals surface area contributed by atoms with E-state index >= 15 is 0 Å². The Morgan fingerprint density at radius 3 is 2.70 bits per heavy atom. The van der Waals surface area contributed by atoms with Crippen LogP contribution < -0.4 is 16.0 Å². The first-order chi connectivity index (χ1) is 14.0. The number of hydrogen-bond acceptors (Lipinski definition) is 5. The van der Waals surface area contributed by atoms with Crippen molar-refractivity contribution in [1.29, 1.82) is 0 Å². The number of hydrogen-bond donors (Lipinski definition) is 2. The third-order valence-corrected chi connectivity index (χ3v) is 5.76. The molecule has 0 saturated heterocycles. The number of nitrogens with zero attached hydrogens (tertiary/aromatic N) is 3. The summed E-state index contributed by atoms with van der Waals surface area (Å²) in [5.74, 6) is 1.29. The molecule has 0 radical (unpaired) electrons. The molecule has 158 valence electrons. The zero-order chi connectivity index (χ0) is 20.5. The fourth-order valence-corrected chi connectivity index (χ4v) is 3.98. The van der Waals surface area contributed by atoms with E-state index in [1.54, 1.807) is 6.07 Å². The summed E-state index contributed by atoms with van der Waals surface area (Å²) in [5, 5.41) is 3.33. The molecule has 5 nitrogen and oxygen atoms in total. The van der Waals surface area contributed by atoms with Crippen LogP contribution in [-0.4, -0.2) is 16.5 Å². The van der Waals surface area contributed by atoms with Crippen LogP contribution in [0.25, 0.3) is 0 Å². The van der Waals surface area contributed by atoms with Crippen LogP contribution in [0.3, 0.4) is 0 Å². The molecular formula is C23H27ClFN5. The maximum Gasteiger partial charge on any atom is 0.229 e. The highest BCUT2D eigenvalue weighted by Gasteiger charge is 2.27. The third kappa shape index (κ3) is 4.11. The number of fused-ring (bicyclic) bond motifs is 1. The Bertz CT molecular complexity index is 1060. The normalized spacial score (nSPS) is 15.4. The Labute approximate surface area is 183 Å². The van der Waals surface area contributed by atoms with E-state index in [9.17, 15) is 4.39 Å². The lowest BCUT2D eigenvalue weighted by molar-refractivity contribution is 0.593. The van der Waals surface area contributed by atoms with Gasteiger partial charge in [-0.1, -0.05) is 24.3 Å². The Morgan fingerprint density at radius 2 is 1.93 bits per heavy atom. The highest BCUT2D eigenvalue weighted by Crippen LogP contribution is 2.35. The van der Waals surface area contributed by atoms with E-state index in [0.29, 0.717) is 12.5 Å². The van der Waals surface area contributed by atoms with Gasteiger partial charge in [-0.3, -0.25) is 0 Å². The Kier molecular flexibility index (Phi) is 6.58. The van der Waals surface area contributed by atoms with E-state index in [-0.39, 0.29) is 24.3 Å². The highest BCUT2D eigenvalue weighted by molar-refractivity contribution is 5.85. The van der Waals surface area contributed by atoms with E-state index in [0.717, 1.165) is 52.4 Å². The molecule has 30 heavy (non-hydrogen) atoms. The van der Waals surface area contributed by atoms with Gasteiger partial charge in [0.15, 0.2) is 0 Å². The summed E-state index contributed by atoms with van der Waals surface area (Å²) in [6.07, 6.45) is 0.790. The largest absolute Gasteiger partial charge is 0.349 e. The van der Waals surface area contributed by atoms with Crippen LogP contribution in [0.5, 0.6) is 0 Å². The fourth-order valence-electron chi connectivity index (χ4n) is 3.98. The molecule has 0 saturated carbocycles. The molecule has 0 amide bonds. The first-order valence-electron chi connectivity index (χ1n) is 9.93. The highest BCUT2D eigenvalue weighted by atomic mass is 35.5. The minimum Gasteiger partial charge on any atom is -0.349 e. The molecule has 2 heterocycles. The number of anilines is 3. The van der Waals surface area contributed by atoms with Crippen LogP contribution in [0, 0.1) is 19.7 Å². The zero-order valence-electron chi connectivity index (χ0n) is 17.4. The minimum atomic E-state index is -0.177. The topological polar surface area (TPSA) is 67.1 Å². The molecule has 2 aromatic carbocycles. The zero-order valence-corrected chi connectivity index (χ0v) is 18.3. The van der Waals surface area contributed by atoms with Crippen molar-refractivity contribution in [3.05, 3.63) is 76.2 Å². The number of aryl methyl sites for hydroxylation is 1.